The molecule has 0 bridgehead atoms. The minimum Gasteiger partial charge on any atom is -0.469 e. The molecule has 1 atom stereocenters. The normalized spacial score (nSPS) is 19.9. The number of halogens is 2. The van der Waals surface area contributed by atoms with Gasteiger partial charge in [-0.05, 0) is 43.1 Å². The Morgan fingerprint density at radius 1 is 1.45 bits per heavy atom. The average Bonchev–Trinajstić information content (AvgIpc) is 2.39. The van der Waals surface area contributed by atoms with Gasteiger partial charge in [-0.25, -0.2) is 4.39 Å². The molecule has 20 heavy (non-hydrogen) atoms. The van der Waals surface area contributed by atoms with Crippen molar-refractivity contribution in [3.8, 4) is 0 Å². The molecule has 1 aliphatic heterocycles. The molecule has 1 aliphatic rings. The number of hydrogen-bond acceptors (Lipinski definition) is 3. The zero-order valence-electron chi connectivity index (χ0n) is 11.6. The second kappa shape index (κ2) is 7.18. The van der Waals surface area contributed by atoms with E-state index in [4.69, 9.17) is 4.74 Å². The highest BCUT2D eigenvalue weighted by Crippen LogP contribution is 2.24. The van der Waals surface area contributed by atoms with E-state index >= 15 is 0 Å². The topological polar surface area (TPSA) is 29.5 Å². The Morgan fingerprint density at radius 2 is 2.25 bits per heavy atom. The number of ether oxygens (including phenoxy) is 1. The van der Waals surface area contributed by atoms with E-state index in [2.05, 4.69) is 20.8 Å². The van der Waals surface area contributed by atoms with Crippen LogP contribution < -0.4 is 0 Å². The Balaban J connectivity index is 2.06. The van der Waals surface area contributed by atoms with Gasteiger partial charge in [0.1, 0.15) is 5.82 Å². The standard InChI is InChI=1S/C15H19BrFNO2/c1-20-15(19)9-14-4-2-3-5-18(14)10-11-6-12(16)8-13(17)7-11/h6-8,14H,2-5,9-10H2,1H3. The van der Waals surface area contributed by atoms with E-state index in [0.717, 1.165) is 35.8 Å². The number of hydrogen-bond donors (Lipinski definition) is 0. The second-order valence-corrected chi connectivity index (χ2v) is 6.09. The summed E-state index contributed by atoms with van der Waals surface area (Å²) >= 11 is 3.31. The van der Waals surface area contributed by atoms with Crippen molar-refractivity contribution in [3.05, 3.63) is 34.1 Å². The van der Waals surface area contributed by atoms with E-state index in [1.165, 1.54) is 13.2 Å². The van der Waals surface area contributed by atoms with Gasteiger partial charge in [-0.2, -0.15) is 0 Å². The Kier molecular flexibility index (Phi) is 5.54. The fourth-order valence-corrected chi connectivity index (χ4v) is 3.22. The molecular formula is C15H19BrFNO2. The Hall–Kier alpha value is -0.940. The van der Waals surface area contributed by atoms with Crippen molar-refractivity contribution in [1.29, 1.82) is 0 Å². The largest absolute Gasteiger partial charge is 0.469 e. The van der Waals surface area contributed by atoms with E-state index in [9.17, 15) is 9.18 Å². The average molecular weight is 344 g/mol. The van der Waals surface area contributed by atoms with Crippen molar-refractivity contribution in [2.75, 3.05) is 13.7 Å². The van der Waals surface area contributed by atoms with Crippen molar-refractivity contribution in [2.24, 2.45) is 0 Å². The third kappa shape index (κ3) is 4.28. The molecule has 0 amide bonds. The van der Waals surface area contributed by atoms with Crippen LogP contribution in [-0.4, -0.2) is 30.6 Å². The molecule has 0 saturated carbocycles. The SMILES string of the molecule is COC(=O)CC1CCCCN1Cc1cc(F)cc(Br)c1. The predicted molar refractivity (Wildman–Crippen MR) is 78.8 cm³/mol. The minimum absolute atomic E-state index is 0.178. The molecule has 3 nitrogen and oxygen atoms in total. The first-order valence-corrected chi connectivity index (χ1v) is 7.63. The van der Waals surface area contributed by atoms with Gasteiger partial charge in [-0.3, -0.25) is 9.69 Å². The lowest BCUT2D eigenvalue weighted by Gasteiger charge is -2.35. The van der Waals surface area contributed by atoms with Gasteiger partial charge in [0, 0.05) is 17.1 Å². The molecule has 0 aliphatic carbocycles. The van der Waals surface area contributed by atoms with Crippen molar-refractivity contribution in [3.63, 3.8) is 0 Å². The van der Waals surface area contributed by atoms with Crippen LogP contribution >= 0.6 is 15.9 Å². The third-order valence-corrected chi connectivity index (χ3v) is 4.14. The smallest absolute Gasteiger partial charge is 0.307 e. The molecular weight excluding hydrogens is 325 g/mol. The Morgan fingerprint density at radius 3 is 2.95 bits per heavy atom. The molecule has 0 aromatic heterocycles. The first kappa shape index (κ1) is 15.4. The van der Waals surface area contributed by atoms with Gasteiger partial charge in [0.15, 0.2) is 0 Å². The third-order valence-electron chi connectivity index (χ3n) is 3.69. The van der Waals surface area contributed by atoms with Crippen LogP contribution in [0.15, 0.2) is 22.7 Å². The lowest BCUT2D eigenvalue weighted by atomic mass is 9.98. The predicted octanol–water partition coefficient (Wildman–Crippen LogP) is 3.51. The lowest BCUT2D eigenvalue weighted by Crippen LogP contribution is -2.40. The van der Waals surface area contributed by atoms with Crippen molar-refractivity contribution in [2.45, 2.75) is 38.3 Å². The summed E-state index contributed by atoms with van der Waals surface area (Å²) in [6.07, 6.45) is 3.65. The number of likely N-dealkylation sites (tertiary alicyclic amines) is 1. The summed E-state index contributed by atoms with van der Waals surface area (Å²) in [5, 5.41) is 0. The number of benzene rings is 1. The molecule has 1 saturated heterocycles. The number of nitrogens with zero attached hydrogens (tertiary/aromatic N) is 1. The highest BCUT2D eigenvalue weighted by molar-refractivity contribution is 9.10. The summed E-state index contributed by atoms with van der Waals surface area (Å²) in [6, 6.07) is 5.12. The van der Waals surface area contributed by atoms with E-state index in [1.54, 1.807) is 6.07 Å². The Bertz CT molecular complexity index is 461. The number of rotatable bonds is 4. The van der Waals surface area contributed by atoms with Crippen LogP contribution in [0.1, 0.15) is 31.2 Å². The molecule has 110 valence electrons. The Labute approximate surface area is 127 Å². The molecule has 1 fully saturated rings. The number of carbonyl (C=O) groups is 1. The number of piperidine rings is 1. The van der Waals surface area contributed by atoms with Crippen molar-refractivity contribution in [1.82, 2.24) is 4.90 Å². The van der Waals surface area contributed by atoms with E-state index in [0.29, 0.717) is 13.0 Å². The van der Waals surface area contributed by atoms with Gasteiger partial charge < -0.3 is 4.74 Å². The van der Waals surface area contributed by atoms with Crippen LogP contribution in [0.25, 0.3) is 0 Å². The maximum atomic E-state index is 13.4. The van der Waals surface area contributed by atoms with E-state index in [1.807, 2.05) is 6.07 Å². The summed E-state index contributed by atoms with van der Waals surface area (Å²) in [5.74, 6) is -0.418. The van der Waals surface area contributed by atoms with E-state index in [-0.39, 0.29) is 17.8 Å². The van der Waals surface area contributed by atoms with Gasteiger partial charge >= 0.3 is 5.97 Å². The van der Waals surface area contributed by atoms with Crippen molar-refractivity contribution < 1.29 is 13.9 Å². The van der Waals surface area contributed by atoms with Crippen molar-refractivity contribution >= 4 is 21.9 Å². The van der Waals surface area contributed by atoms with Crippen LogP contribution in [0.2, 0.25) is 0 Å². The summed E-state index contributed by atoms with van der Waals surface area (Å²) in [4.78, 5) is 13.7. The molecule has 0 N–H and O–H groups in total. The summed E-state index contributed by atoms with van der Waals surface area (Å²) < 4.78 is 18.9. The van der Waals surface area contributed by atoms with Gasteiger partial charge in [0.2, 0.25) is 0 Å². The molecule has 1 heterocycles. The first-order valence-electron chi connectivity index (χ1n) is 6.84. The van der Waals surface area contributed by atoms with Gasteiger partial charge in [-0.1, -0.05) is 22.4 Å². The molecule has 5 heteroatoms. The zero-order chi connectivity index (χ0) is 14.5. The molecule has 2 rings (SSSR count). The summed E-state index contributed by atoms with van der Waals surface area (Å²) in [7, 11) is 1.42. The highest BCUT2D eigenvalue weighted by Gasteiger charge is 2.25. The fourth-order valence-electron chi connectivity index (χ4n) is 2.71. The second-order valence-electron chi connectivity index (χ2n) is 5.18. The monoisotopic (exact) mass is 343 g/mol. The number of carbonyl (C=O) groups excluding carboxylic acids is 1. The summed E-state index contributed by atoms with van der Waals surface area (Å²) in [5.41, 5.74) is 0.925. The van der Waals surface area contributed by atoms with Crippen LogP contribution in [0, 0.1) is 5.82 Å². The van der Waals surface area contributed by atoms with Crippen LogP contribution in [0.4, 0.5) is 4.39 Å². The van der Waals surface area contributed by atoms with Gasteiger partial charge in [-0.15, -0.1) is 0 Å². The van der Waals surface area contributed by atoms with Gasteiger partial charge in [0.25, 0.3) is 0 Å². The number of esters is 1. The molecule has 1 aromatic carbocycles. The maximum absolute atomic E-state index is 13.4. The quantitative estimate of drug-likeness (QED) is 0.783. The fraction of sp³-hybridized carbons (Fsp3) is 0.533. The highest BCUT2D eigenvalue weighted by atomic mass is 79.9. The molecule has 1 aromatic rings. The van der Waals surface area contributed by atoms with Crippen LogP contribution in [0.5, 0.6) is 0 Å². The number of methoxy groups -OCH3 is 1. The molecule has 1 unspecified atom stereocenters. The van der Waals surface area contributed by atoms with E-state index < -0.39 is 0 Å². The lowest BCUT2D eigenvalue weighted by molar-refractivity contribution is -0.142. The maximum Gasteiger partial charge on any atom is 0.307 e. The van der Waals surface area contributed by atoms with Gasteiger partial charge in [0.05, 0.1) is 13.5 Å². The molecule has 0 radical (unpaired) electrons. The zero-order valence-corrected chi connectivity index (χ0v) is 13.2. The van der Waals surface area contributed by atoms with Crippen LogP contribution in [0.3, 0.4) is 0 Å². The summed E-state index contributed by atoms with van der Waals surface area (Å²) in [6.45, 7) is 1.60. The first-order chi connectivity index (χ1) is 9.58. The van der Waals surface area contributed by atoms with Crippen LogP contribution in [-0.2, 0) is 16.1 Å². The molecule has 0 spiro atoms. The minimum atomic E-state index is -0.240.